The predicted molar refractivity (Wildman–Crippen MR) is 81.0 cm³/mol. The number of nitrogens with two attached hydrogens (primary N) is 1. The summed E-state index contributed by atoms with van der Waals surface area (Å²) in [6.07, 6.45) is 2.60. The molecular formula is C14H24N4S. The van der Waals surface area contributed by atoms with Crippen LogP contribution in [0.2, 0.25) is 0 Å². The molecule has 1 aromatic rings. The smallest absolute Gasteiger partial charge is 0.185 e. The first-order valence-electron chi connectivity index (χ1n) is 7.42. The van der Waals surface area contributed by atoms with Crippen LogP contribution in [0.4, 0.5) is 5.13 Å². The highest BCUT2D eigenvalue weighted by molar-refractivity contribution is 7.15. The van der Waals surface area contributed by atoms with Crippen LogP contribution in [0.3, 0.4) is 0 Å². The van der Waals surface area contributed by atoms with Crippen LogP contribution < -0.4 is 10.6 Å². The second kappa shape index (κ2) is 5.38. The summed E-state index contributed by atoms with van der Waals surface area (Å²) in [7, 11) is 0. The Morgan fingerprint density at radius 3 is 2.53 bits per heavy atom. The van der Waals surface area contributed by atoms with Crippen LogP contribution in [0.25, 0.3) is 0 Å². The van der Waals surface area contributed by atoms with Gasteiger partial charge in [-0.2, -0.15) is 0 Å². The zero-order valence-electron chi connectivity index (χ0n) is 11.9. The van der Waals surface area contributed by atoms with E-state index >= 15 is 0 Å². The van der Waals surface area contributed by atoms with Crippen LogP contribution in [0.5, 0.6) is 0 Å². The van der Waals surface area contributed by atoms with Crippen LogP contribution in [0, 0.1) is 0 Å². The molecule has 19 heavy (non-hydrogen) atoms. The Hall–Kier alpha value is -0.650. The molecule has 0 bridgehead atoms. The maximum atomic E-state index is 6.11. The van der Waals surface area contributed by atoms with E-state index in [4.69, 9.17) is 10.7 Å². The highest BCUT2D eigenvalue weighted by atomic mass is 32.1. The standard InChI is InChI=1S/C14H24N4S/c1-3-17-6-8-18(9-7-17)14-16-12(11-4-5-11)13(19-14)10(2)15/h10-11H,3-9,15H2,1-2H3. The fourth-order valence-corrected chi connectivity index (χ4v) is 3.85. The summed E-state index contributed by atoms with van der Waals surface area (Å²) >= 11 is 1.82. The van der Waals surface area contributed by atoms with E-state index in [2.05, 4.69) is 23.6 Å². The molecule has 2 N–H and O–H groups in total. The lowest BCUT2D eigenvalue weighted by Crippen LogP contribution is -2.46. The van der Waals surface area contributed by atoms with Crippen molar-refractivity contribution in [1.29, 1.82) is 0 Å². The fraction of sp³-hybridized carbons (Fsp3) is 0.786. The molecule has 2 aliphatic rings. The van der Waals surface area contributed by atoms with Crippen LogP contribution >= 0.6 is 11.3 Å². The van der Waals surface area contributed by atoms with Gasteiger partial charge in [0.25, 0.3) is 0 Å². The summed E-state index contributed by atoms with van der Waals surface area (Å²) in [5.74, 6) is 0.697. The fourth-order valence-electron chi connectivity index (χ4n) is 2.70. The number of piperazine rings is 1. The van der Waals surface area contributed by atoms with Gasteiger partial charge in [-0.1, -0.05) is 18.3 Å². The highest BCUT2D eigenvalue weighted by Gasteiger charge is 2.32. The number of thiazole rings is 1. The molecule has 2 heterocycles. The second-order valence-corrected chi connectivity index (χ2v) is 6.74. The third-order valence-corrected chi connectivity index (χ3v) is 5.47. The number of nitrogens with zero attached hydrogens (tertiary/aromatic N) is 3. The normalized spacial score (nSPS) is 22.8. The minimum Gasteiger partial charge on any atom is -0.346 e. The number of anilines is 1. The lowest BCUT2D eigenvalue weighted by molar-refractivity contribution is 0.271. The first-order valence-corrected chi connectivity index (χ1v) is 8.24. The van der Waals surface area contributed by atoms with Crippen molar-refractivity contribution in [2.45, 2.75) is 38.6 Å². The first-order chi connectivity index (χ1) is 9.19. The summed E-state index contributed by atoms with van der Waals surface area (Å²) < 4.78 is 0. The number of hydrogen-bond acceptors (Lipinski definition) is 5. The SMILES string of the molecule is CCN1CCN(c2nc(C3CC3)c(C(C)N)s2)CC1. The molecule has 1 saturated carbocycles. The van der Waals surface area contributed by atoms with Gasteiger partial charge in [-0.25, -0.2) is 4.98 Å². The Balaban J connectivity index is 1.76. The van der Waals surface area contributed by atoms with Gasteiger partial charge < -0.3 is 15.5 Å². The molecule has 1 aliphatic carbocycles. The Kier molecular flexibility index (Phi) is 3.78. The van der Waals surface area contributed by atoms with E-state index < -0.39 is 0 Å². The average molecular weight is 280 g/mol. The van der Waals surface area contributed by atoms with Gasteiger partial charge in [-0.05, 0) is 26.3 Å². The maximum absolute atomic E-state index is 6.11. The van der Waals surface area contributed by atoms with Gasteiger partial charge in [-0.3, -0.25) is 0 Å². The van der Waals surface area contributed by atoms with Crippen molar-refractivity contribution in [2.24, 2.45) is 5.73 Å². The van der Waals surface area contributed by atoms with E-state index in [1.54, 1.807) is 0 Å². The summed E-state index contributed by atoms with van der Waals surface area (Å²) in [5, 5.41) is 1.20. The predicted octanol–water partition coefficient (Wildman–Crippen LogP) is 2.18. The minimum absolute atomic E-state index is 0.124. The van der Waals surface area contributed by atoms with Crippen molar-refractivity contribution < 1.29 is 0 Å². The van der Waals surface area contributed by atoms with Gasteiger partial charge in [0, 0.05) is 43.0 Å². The van der Waals surface area contributed by atoms with E-state index in [-0.39, 0.29) is 6.04 Å². The zero-order chi connectivity index (χ0) is 13.4. The largest absolute Gasteiger partial charge is 0.346 e. The van der Waals surface area contributed by atoms with Gasteiger partial charge >= 0.3 is 0 Å². The third kappa shape index (κ3) is 2.78. The summed E-state index contributed by atoms with van der Waals surface area (Å²) in [6, 6.07) is 0.124. The van der Waals surface area contributed by atoms with E-state index in [0.717, 1.165) is 32.7 Å². The van der Waals surface area contributed by atoms with Gasteiger partial charge in [0.05, 0.1) is 5.69 Å². The Morgan fingerprint density at radius 2 is 2.00 bits per heavy atom. The average Bonchev–Trinajstić information content (AvgIpc) is 3.17. The van der Waals surface area contributed by atoms with E-state index in [1.807, 2.05) is 11.3 Å². The topological polar surface area (TPSA) is 45.4 Å². The van der Waals surface area contributed by atoms with Gasteiger partial charge in [-0.15, -0.1) is 0 Å². The van der Waals surface area contributed by atoms with Crippen LogP contribution in [0.15, 0.2) is 0 Å². The molecule has 1 unspecified atom stereocenters. The monoisotopic (exact) mass is 280 g/mol. The van der Waals surface area contributed by atoms with Gasteiger partial charge in [0.1, 0.15) is 0 Å². The molecule has 0 aromatic carbocycles. The molecule has 2 fully saturated rings. The maximum Gasteiger partial charge on any atom is 0.185 e. The Bertz CT molecular complexity index is 411. The van der Waals surface area contributed by atoms with Crippen molar-refractivity contribution in [3.05, 3.63) is 10.6 Å². The van der Waals surface area contributed by atoms with Crippen molar-refractivity contribution in [3.63, 3.8) is 0 Å². The Labute approximate surface area is 119 Å². The lowest BCUT2D eigenvalue weighted by atomic mass is 10.2. The van der Waals surface area contributed by atoms with Gasteiger partial charge in [0.15, 0.2) is 5.13 Å². The second-order valence-electron chi connectivity index (χ2n) is 5.73. The van der Waals surface area contributed by atoms with E-state index in [9.17, 15) is 0 Å². The highest BCUT2D eigenvalue weighted by Crippen LogP contribution is 2.45. The lowest BCUT2D eigenvalue weighted by Gasteiger charge is -2.33. The zero-order valence-corrected chi connectivity index (χ0v) is 12.7. The molecule has 1 aliphatic heterocycles. The molecule has 5 heteroatoms. The molecule has 0 spiro atoms. The third-order valence-electron chi connectivity index (χ3n) is 4.14. The van der Waals surface area contributed by atoms with Crippen molar-refractivity contribution in [3.8, 4) is 0 Å². The van der Waals surface area contributed by atoms with Crippen LogP contribution in [-0.2, 0) is 0 Å². The number of hydrogen-bond donors (Lipinski definition) is 1. The molecule has 1 saturated heterocycles. The number of likely N-dealkylation sites (N-methyl/N-ethyl adjacent to an activating group) is 1. The molecule has 3 rings (SSSR count). The summed E-state index contributed by atoms with van der Waals surface area (Å²) in [4.78, 5) is 11.2. The molecule has 0 radical (unpaired) electrons. The minimum atomic E-state index is 0.124. The first kappa shape index (κ1) is 13.3. The van der Waals surface area contributed by atoms with Crippen molar-refractivity contribution in [1.82, 2.24) is 9.88 Å². The van der Waals surface area contributed by atoms with Crippen molar-refractivity contribution in [2.75, 3.05) is 37.6 Å². The Morgan fingerprint density at radius 1 is 1.32 bits per heavy atom. The quantitative estimate of drug-likeness (QED) is 0.918. The van der Waals surface area contributed by atoms with E-state index in [1.165, 1.54) is 28.5 Å². The molecule has 1 aromatic heterocycles. The molecule has 0 amide bonds. The number of rotatable bonds is 4. The molecule has 4 nitrogen and oxygen atoms in total. The summed E-state index contributed by atoms with van der Waals surface area (Å²) in [5.41, 5.74) is 7.41. The van der Waals surface area contributed by atoms with Crippen LogP contribution in [0.1, 0.15) is 49.2 Å². The van der Waals surface area contributed by atoms with E-state index in [0.29, 0.717) is 5.92 Å². The summed E-state index contributed by atoms with van der Waals surface area (Å²) in [6.45, 7) is 9.99. The van der Waals surface area contributed by atoms with Crippen LogP contribution in [-0.4, -0.2) is 42.6 Å². The molecule has 106 valence electrons. The van der Waals surface area contributed by atoms with Crippen molar-refractivity contribution >= 4 is 16.5 Å². The van der Waals surface area contributed by atoms with Gasteiger partial charge in [0.2, 0.25) is 0 Å². The molecular weight excluding hydrogens is 256 g/mol. The molecule has 1 atom stereocenters. The number of aromatic nitrogens is 1.